The fourth-order valence-electron chi connectivity index (χ4n) is 2.10. The molecule has 0 spiro atoms. The van der Waals surface area contributed by atoms with E-state index >= 15 is 0 Å². The zero-order chi connectivity index (χ0) is 15.2. The Morgan fingerprint density at radius 2 is 1.62 bits per heavy atom. The summed E-state index contributed by atoms with van der Waals surface area (Å²) in [5.41, 5.74) is 2.55. The van der Waals surface area contributed by atoms with Crippen LogP contribution >= 0.6 is 0 Å². The zero-order valence-corrected chi connectivity index (χ0v) is 12.4. The minimum atomic E-state index is -0.696. The molecule has 0 radical (unpaired) electrons. The number of hydrogen-bond donors (Lipinski definition) is 1. The number of halogens is 1. The molecule has 3 heteroatoms. The van der Waals surface area contributed by atoms with Gasteiger partial charge in [-0.05, 0) is 23.1 Å². The van der Waals surface area contributed by atoms with Crippen molar-refractivity contribution >= 4 is 0 Å². The van der Waals surface area contributed by atoms with Crippen molar-refractivity contribution in [1.29, 1.82) is 0 Å². The normalized spacial score (nSPS) is 12.6. The van der Waals surface area contributed by atoms with Crippen molar-refractivity contribution in [3.8, 4) is 0 Å². The van der Waals surface area contributed by atoms with Gasteiger partial charge in [-0.25, -0.2) is 4.39 Å². The lowest BCUT2D eigenvalue weighted by Gasteiger charge is -2.13. The van der Waals surface area contributed by atoms with Crippen molar-refractivity contribution in [1.82, 2.24) is 0 Å². The van der Waals surface area contributed by atoms with E-state index in [2.05, 4.69) is 13.8 Å². The van der Waals surface area contributed by atoms with Gasteiger partial charge in [0.25, 0.3) is 0 Å². The second kappa shape index (κ2) is 7.34. The van der Waals surface area contributed by atoms with E-state index in [9.17, 15) is 9.50 Å². The first-order chi connectivity index (χ1) is 10.1. The number of rotatable bonds is 6. The Bertz CT molecular complexity index is 564. The SMILES string of the molecule is CC(C)c1ccc(C(O)COCc2ccccc2F)cc1. The van der Waals surface area contributed by atoms with E-state index in [0.717, 1.165) is 5.56 Å². The lowest BCUT2D eigenvalue weighted by Crippen LogP contribution is -2.08. The quantitative estimate of drug-likeness (QED) is 0.863. The number of aliphatic hydroxyl groups excluding tert-OH is 1. The standard InChI is InChI=1S/C18H21FO2/c1-13(2)14-7-9-15(10-8-14)18(20)12-21-11-16-5-3-4-6-17(16)19/h3-10,13,18,20H,11-12H2,1-2H3. The van der Waals surface area contributed by atoms with Crippen LogP contribution in [0.4, 0.5) is 4.39 Å². The first kappa shape index (κ1) is 15.7. The van der Waals surface area contributed by atoms with E-state index in [0.29, 0.717) is 11.5 Å². The molecule has 1 atom stereocenters. The molecule has 1 N–H and O–H groups in total. The second-order valence-electron chi connectivity index (χ2n) is 5.44. The molecule has 0 aliphatic rings. The molecule has 2 rings (SSSR count). The maximum absolute atomic E-state index is 13.4. The van der Waals surface area contributed by atoms with Crippen molar-refractivity contribution < 1.29 is 14.2 Å². The lowest BCUT2D eigenvalue weighted by molar-refractivity contribution is 0.0267. The molecule has 0 bridgehead atoms. The molecule has 0 saturated carbocycles. The van der Waals surface area contributed by atoms with Gasteiger partial charge in [-0.15, -0.1) is 0 Å². The Balaban J connectivity index is 1.87. The first-order valence-corrected chi connectivity index (χ1v) is 7.17. The van der Waals surface area contributed by atoms with Gasteiger partial charge in [0.2, 0.25) is 0 Å². The van der Waals surface area contributed by atoms with Gasteiger partial charge in [0.15, 0.2) is 0 Å². The monoisotopic (exact) mass is 288 g/mol. The van der Waals surface area contributed by atoms with Crippen LogP contribution in [-0.2, 0) is 11.3 Å². The van der Waals surface area contributed by atoms with Crippen LogP contribution in [0, 0.1) is 5.82 Å². The third-order valence-corrected chi connectivity index (χ3v) is 3.48. The molecule has 0 saturated heterocycles. The summed E-state index contributed by atoms with van der Waals surface area (Å²) in [5, 5.41) is 10.1. The van der Waals surface area contributed by atoms with Gasteiger partial charge in [0.05, 0.1) is 13.2 Å². The zero-order valence-electron chi connectivity index (χ0n) is 12.4. The minimum Gasteiger partial charge on any atom is -0.386 e. The summed E-state index contributed by atoms with van der Waals surface area (Å²) in [4.78, 5) is 0. The first-order valence-electron chi connectivity index (χ1n) is 7.17. The minimum absolute atomic E-state index is 0.148. The topological polar surface area (TPSA) is 29.5 Å². The Morgan fingerprint density at radius 1 is 1.00 bits per heavy atom. The number of hydrogen-bond acceptors (Lipinski definition) is 2. The third-order valence-electron chi connectivity index (χ3n) is 3.48. The fourth-order valence-corrected chi connectivity index (χ4v) is 2.10. The molecule has 0 aliphatic heterocycles. The highest BCUT2D eigenvalue weighted by molar-refractivity contribution is 5.26. The average molecular weight is 288 g/mol. The van der Waals surface area contributed by atoms with Crippen LogP contribution in [0.15, 0.2) is 48.5 Å². The molecule has 112 valence electrons. The number of aliphatic hydroxyl groups is 1. The van der Waals surface area contributed by atoms with Gasteiger partial charge < -0.3 is 9.84 Å². The van der Waals surface area contributed by atoms with Gasteiger partial charge >= 0.3 is 0 Å². The van der Waals surface area contributed by atoms with Crippen LogP contribution in [0.1, 0.15) is 42.6 Å². The van der Waals surface area contributed by atoms with E-state index in [1.165, 1.54) is 11.6 Å². The molecule has 1 unspecified atom stereocenters. The Morgan fingerprint density at radius 3 is 2.24 bits per heavy atom. The summed E-state index contributed by atoms with van der Waals surface area (Å²) < 4.78 is 18.8. The highest BCUT2D eigenvalue weighted by atomic mass is 19.1. The molecule has 0 fully saturated rings. The molecule has 2 aromatic rings. The van der Waals surface area contributed by atoms with Crippen LogP contribution in [0.25, 0.3) is 0 Å². The highest BCUT2D eigenvalue weighted by Gasteiger charge is 2.09. The predicted molar refractivity (Wildman–Crippen MR) is 81.5 cm³/mol. The molecule has 0 aromatic heterocycles. The molecule has 0 heterocycles. The molecule has 2 nitrogen and oxygen atoms in total. The van der Waals surface area contributed by atoms with E-state index < -0.39 is 6.10 Å². The van der Waals surface area contributed by atoms with E-state index in [-0.39, 0.29) is 19.0 Å². The second-order valence-corrected chi connectivity index (χ2v) is 5.44. The van der Waals surface area contributed by atoms with Crippen LogP contribution in [0.3, 0.4) is 0 Å². The van der Waals surface area contributed by atoms with E-state index in [4.69, 9.17) is 4.74 Å². The van der Waals surface area contributed by atoms with E-state index in [1.807, 2.05) is 24.3 Å². The van der Waals surface area contributed by atoms with Gasteiger partial charge in [-0.3, -0.25) is 0 Å². The van der Waals surface area contributed by atoms with Crippen molar-refractivity contribution in [2.75, 3.05) is 6.61 Å². The van der Waals surface area contributed by atoms with Gasteiger partial charge in [0, 0.05) is 5.56 Å². The summed E-state index contributed by atoms with van der Waals surface area (Å²) in [7, 11) is 0. The van der Waals surface area contributed by atoms with Crippen LogP contribution in [-0.4, -0.2) is 11.7 Å². The molecular formula is C18H21FO2. The van der Waals surface area contributed by atoms with Crippen molar-refractivity contribution in [2.24, 2.45) is 0 Å². The van der Waals surface area contributed by atoms with Gasteiger partial charge in [0.1, 0.15) is 11.9 Å². The highest BCUT2D eigenvalue weighted by Crippen LogP contribution is 2.19. The maximum Gasteiger partial charge on any atom is 0.128 e. The van der Waals surface area contributed by atoms with Gasteiger partial charge in [-0.2, -0.15) is 0 Å². The third kappa shape index (κ3) is 4.38. The van der Waals surface area contributed by atoms with Gasteiger partial charge in [-0.1, -0.05) is 56.3 Å². The number of ether oxygens (including phenoxy) is 1. The molecule has 2 aromatic carbocycles. The van der Waals surface area contributed by atoms with Crippen LogP contribution in [0.5, 0.6) is 0 Å². The summed E-state index contributed by atoms with van der Waals surface area (Å²) in [6.45, 7) is 4.56. The Hall–Kier alpha value is -1.71. The fraction of sp³-hybridized carbons (Fsp3) is 0.333. The molecular weight excluding hydrogens is 267 g/mol. The molecule has 0 aliphatic carbocycles. The average Bonchev–Trinajstić information content (AvgIpc) is 2.49. The van der Waals surface area contributed by atoms with Crippen LogP contribution < -0.4 is 0 Å². The largest absolute Gasteiger partial charge is 0.386 e. The smallest absolute Gasteiger partial charge is 0.128 e. The van der Waals surface area contributed by atoms with Crippen molar-refractivity contribution in [3.63, 3.8) is 0 Å². The molecule has 0 amide bonds. The predicted octanol–water partition coefficient (Wildman–Crippen LogP) is 4.20. The Labute approximate surface area is 125 Å². The Kier molecular flexibility index (Phi) is 5.48. The van der Waals surface area contributed by atoms with E-state index in [1.54, 1.807) is 18.2 Å². The summed E-state index contributed by atoms with van der Waals surface area (Å²) >= 11 is 0. The van der Waals surface area contributed by atoms with Crippen LogP contribution in [0.2, 0.25) is 0 Å². The summed E-state index contributed by atoms with van der Waals surface area (Å²) in [6.07, 6.45) is -0.696. The van der Waals surface area contributed by atoms with Crippen molar-refractivity contribution in [2.45, 2.75) is 32.5 Å². The number of benzene rings is 2. The summed E-state index contributed by atoms with van der Waals surface area (Å²) in [6, 6.07) is 14.3. The summed E-state index contributed by atoms with van der Waals surface area (Å²) in [5.74, 6) is 0.182. The lowest BCUT2D eigenvalue weighted by atomic mass is 10.0. The maximum atomic E-state index is 13.4. The molecule has 21 heavy (non-hydrogen) atoms. The van der Waals surface area contributed by atoms with Crippen molar-refractivity contribution in [3.05, 3.63) is 71.0 Å².